The monoisotopic (exact) mass is 597 g/mol. The van der Waals surface area contributed by atoms with Gasteiger partial charge in [0.15, 0.2) is 0 Å². The summed E-state index contributed by atoms with van der Waals surface area (Å²) >= 11 is 6.10. The van der Waals surface area contributed by atoms with Gasteiger partial charge in [0.2, 0.25) is 11.8 Å². The van der Waals surface area contributed by atoms with E-state index in [9.17, 15) is 18.8 Å². The number of hydrogen-bond donors (Lipinski definition) is 0. The predicted octanol–water partition coefficient (Wildman–Crippen LogP) is 4.53. The van der Waals surface area contributed by atoms with Crippen LogP contribution in [0.2, 0.25) is 5.02 Å². The number of carbonyl (C=O) groups is 2. The van der Waals surface area contributed by atoms with E-state index in [0.717, 1.165) is 11.6 Å². The fourth-order valence-corrected chi connectivity index (χ4v) is 6.26. The molecule has 0 N–H and O–H groups in total. The quantitative estimate of drug-likeness (QED) is 0.432. The van der Waals surface area contributed by atoms with Crippen LogP contribution >= 0.6 is 11.6 Å². The number of rotatable bonds is 5. The summed E-state index contributed by atoms with van der Waals surface area (Å²) in [5.41, 5.74) is 0.999. The van der Waals surface area contributed by atoms with Crippen molar-refractivity contribution in [1.82, 2.24) is 19.6 Å². The van der Waals surface area contributed by atoms with Crippen LogP contribution in [-0.4, -0.2) is 64.1 Å². The molecule has 2 saturated heterocycles. The molecule has 0 spiro atoms. The Kier molecular flexibility index (Phi) is 8.91. The smallest absolute Gasteiger partial charge is 0.266 e. The summed E-state index contributed by atoms with van der Waals surface area (Å²) in [6, 6.07) is 13.8. The summed E-state index contributed by atoms with van der Waals surface area (Å²) < 4.78 is 30.1. The number of anilines is 1. The molecule has 1 aromatic heterocycles. The van der Waals surface area contributed by atoms with Crippen LogP contribution in [0.1, 0.15) is 49.3 Å². The van der Waals surface area contributed by atoms with Gasteiger partial charge in [0.05, 0.1) is 12.0 Å². The summed E-state index contributed by atoms with van der Waals surface area (Å²) in [6.07, 6.45) is 1.68. The molecule has 0 bridgehead atoms. The van der Waals surface area contributed by atoms with Gasteiger partial charge in [0.25, 0.3) is 5.56 Å². The van der Waals surface area contributed by atoms with Crippen molar-refractivity contribution in [3.05, 3.63) is 92.7 Å². The Morgan fingerprint density at radius 1 is 1.00 bits per heavy atom. The normalized spacial score (nSPS) is 21.3. The number of amides is 2. The Morgan fingerprint density at radius 2 is 1.76 bits per heavy atom. The molecule has 0 saturated carbocycles. The molecule has 222 valence electrons. The highest BCUT2D eigenvalue weighted by atomic mass is 35.5. The van der Waals surface area contributed by atoms with Crippen LogP contribution in [0.5, 0.6) is 0 Å². The minimum absolute atomic E-state index is 0.00307. The van der Waals surface area contributed by atoms with Gasteiger partial charge in [-0.05, 0) is 48.2 Å². The summed E-state index contributed by atoms with van der Waals surface area (Å²) in [4.78, 5) is 44.6. The zero-order chi connectivity index (χ0) is 30.0. The van der Waals surface area contributed by atoms with E-state index in [1.54, 1.807) is 18.0 Å². The molecule has 2 aromatic carbocycles. The zero-order valence-electron chi connectivity index (χ0n) is 23.7. The molecule has 8 nitrogen and oxygen atoms in total. The second-order valence-corrected chi connectivity index (χ2v) is 11.3. The van der Waals surface area contributed by atoms with E-state index in [1.807, 2.05) is 41.0 Å². The van der Waals surface area contributed by atoms with Crippen LogP contribution in [-0.2, 0) is 16.6 Å². The highest BCUT2D eigenvalue weighted by Crippen LogP contribution is 2.38. The first-order chi connectivity index (χ1) is 20.2. The van der Waals surface area contributed by atoms with Crippen molar-refractivity contribution >= 4 is 29.2 Å². The lowest BCUT2D eigenvalue weighted by Gasteiger charge is -2.38. The lowest BCUT2D eigenvalue weighted by molar-refractivity contribution is -0.140. The molecule has 3 heterocycles. The van der Waals surface area contributed by atoms with Crippen LogP contribution in [0.3, 0.4) is 0 Å². The molecule has 11 heteroatoms. The van der Waals surface area contributed by atoms with Crippen LogP contribution in [0.4, 0.5) is 14.6 Å². The molecular weight excluding hydrogens is 564 g/mol. The zero-order valence-corrected chi connectivity index (χ0v) is 24.4. The van der Waals surface area contributed by atoms with E-state index in [2.05, 4.69) is 5.10 Å². The van der Waals surface area contributed by atoms with Gasteiger partial charge in [-0.25, -0.2) is 13.5 Å². The fourth-order valence-electron chi connectivity index (χ4n) is 6.13. The molecule has 3 atom stereocenters. The number of aromatic nitrogens is 2. The van der Waals surface area contributed by atoms with E-state index in [1.165, 1.54) is 22.9 Å². The molecule has 42 heavy (non-hydrogen) atoms. The first kappa shape index (κ1) is 29.7. The van der Waals surface area contributed by atoms with Gasteiger partial charge in [0.1, 0.15) is 17.5 Å². The van der Waals surface area contributed by atoms with Gasteiger partial charge in [-0.15, -0.1) is 0 Å². The van der Waals surface area contributed by atoms with Gasteiger partial charge in [-0.3, -0.25) is 14.4 Å². The highest BCUT2D eigenvalue weighted by molar-refractivity contribution is 6.30. The van der Waals surface area contributed by atoms with Crippen molar-refractivity contribution in [2.75, 3.05) is 37.6 Å². The first-order valence-corrected chi connectivity index (χ1v) is 14.6. The molecule has 0 radical (unpaired) electrons. The molecular formula is C31H34ClF2N5O3. The van der Waals surface area contributed by atoms with Crippen molar-refractivity contribution < 1.29 is 18.4 Å². The first-order valence-electron chi connectivity index (χ1n) is 14.2. The Balaban J connectivity index is 1.41. The van der Waals surface area contributed by atoms with E-state index < -0.39 is 23.5 Å². The van der Waals surface area contributed by atoms with Crippen LogP contribution < -0.4 is 10.5 Å². The summed E-state index contributed by atoms with van der Waals surface area (Å²) in [7, 11) is 1.54. The van der Waals surface area contributed by atoms with Crippen molar-refractivity contribution in [3.63, 3.8) is 0 Å². The van der Waals surface area contributed by atoms with Crippen molar-refractivity contribution in [2.24, 2.45) is 13.0 Å². The fraction of sp³-hybridized carbons (Fsp3) is 0.419. The third kappa shape index (κ3) is 6.18. The minimum atomic E-state index is -0.703. The molecule has 2 unspecified atom stereocenters. The summed E-state index contributed by atoms with van der Waals surface area (Å²) in [6.45, 7) is 3.54. The van der Waals surface area contributed by atoms with E-state index in [-0.39, 0.29) is 42.1 Å². The van der Waals surface area contributed by atoms with E-state index >= 15 is 4.39 Å². The van der Waals surface area contributed by atoms with Crippen molar-refractivity contribution in [3.8, 4) is 0 Å². The number of halogens is 3. The maximum absolute atomic E-state index is 15.1. The molecule has 2 amide bonds. The number of benzene rings is 2. The molecule has 3 aromatic rings. The summed E-state index contributed by atoms with van der Waals surface area (Å²) in [5, 5.41) is 4.96. The molecule has 0 aliphatic carbocycles. The average molecular weight is 598 g/mol. The lowest BCUT2D eigenvalue weighted by Crippen LogP contribution is -2.47. The van der Waals surface area contributed by atoms with Crippen LogP contribution in [0, 0.1) is 17.6 Å². The third-order valence-electron chi connectivity index (χ3n) is 8.35. The Bertz CT molecular complexity index is 1520. The number of nitrogens with zero attached hydrogens (tertiary/aromatic N) is 5. The standard InChI is InChI=1S/C31H34ClF2N5O3/c1-3-29(40)39-16-15-37(14-4-5-27(39)20-6-8-21(32)9-7-20)31(42)25-19-38(28-12-13-30(41)36(2)35-28)18-24(25)23-11-10-22(33)17-26(23)34/h6-13,17,24-25,27H,3-5,14-16,18-19H2,1-2H3/t24?,25-,27?/m1/s1. The molecule has 2 aliphatic rings. The number of hydrogen-bond acceptors (Lipinski definition) is 5. The molecule has 5 rings (SSSR count). The Morgan fingerprint density at radius 3 is 2.45 bits per heavy atom. The lowest BCUT2D eigenvalue weighted by atomic mass is 9.87. The van der Waals surface area contributed by atoms with E-state index in [0.29, 0.717) is 49.7 Å². The second-order valence-electron chi connectivity index (χ2n) is 10.9. The van der Waals surface area contributed by atoms with Crippen molar-refractivity contribution in [1.29, 1.82) is 0 Å². The highest BCUT2D eigenvalue weighted by Gasteiger charge is 2.42. The van der Waals surface area contributed by atoms with Gasteiger partial charge in [-0.2, -0.15) is 5.10 Å². The number of carbonyl (C=O) groups excluding carboxylic acids is 2. The van der Waals surface area contributed by atoms with Crippen LogP contribution in [0.25, 0.3) is 0 Å². The Labute approximate surface area is 248 Å². The van der Waals surface area contributed by atoms with E-state index in [4.69, 9.17) is 11.6 Å². The predicted molar refractivity (Wildman–Crippen MR) is 156 cm³/mol. The number of aryl methyl sites for hydroxylation is 1. The molecule has 2 fully saturated rings. The third-order valence-corrected chi connectivity index (χ3v) is 8.60. The minimum Gasteiger partial charge on any atom is -0.354 e. The maximum atomic E-state index is 15.1. The van der Waals surface area contributed by atoms with Crippen molar-refractivity contribution in [2.45, 2.75) is 38.1 Å². The maximum Gasteiger partial charge on any atom is 0.266 e. The average Bonchev–Trinajstić information content (AvgIpc) is 3.40. The summed E-state index contributed by atoms with van der Waals surface area (Å²) in [5.74, 6) is -2.23. The van der Waals surface area contributed by atoms with Gasteiger partial charge >= 0.3 is 0 Å². The molecule has 2 aliphatic heterocycles. The topological polar surface area (TPSA) is 78.8 Å². The Hall–Kier alpha value is -3.79. The van der Waals surface area contributed by atoms with Gasteiger partial charge in [-0.1, -0.05) is 36.7 Å². The largest absolute Gasteiger partial charge is 0.354 e. The van der Waals surface area contributed by atoms with Crippen LogP contribution in [0.15, 0.2) is 59.4 Å². The second kappa shape index (κ2) is 12.6. The van der Waals surface area contributed by atoms with Gasteiger partial charge in [0, 0.05) is 69.3 Å². The SMILES string of the molecule is CCC(=O)N1CCN(C(=O)[C@@H]2CN(c3ccc(=O)n(C)n3)CC2c2ccc(F)cc2F)CCCC1c1ccc(Cl)cc1. The van der Waals surface area contributed by atoms with Gasteiger partial charge < -0.3 is 14.7 Å².